The molecular formula is C20H22F2N2O3. The molecule has 0 saturated heterocycles. The summed E-state index contributed by atoms with van der Waals surface area (Å²) >= 11 is 0. The summed E-state index contributed by atoms with van der Waals surface area (Å²) in [5.41, 5.74) is 0.719. The molecule has 0 saturated carbocycles. The van der Waals surface area contributed by atoms with Crippen LogP contribution in [0.1, 0.15) is 18.4 Å². The van der Waals surface area contributed by atoms with Gasteiger partial charge in [0, 0.05) is 25.6 Å². The number of nitrogens with one attached hydrogen (secondary N) is 2. The first-order valence-corrected chi connectivity index (χ1v) is 8.69. The standard InChI is InChI=1S/C20H22F2N2O3/c21-16-8-6-15(7-9-16)13-20(26)24-11-10-23-19(25)5-2-12-27-18-4-1-3-17(22)14-18/h1,3-4,6-9,14H,2,5,10-13H2,(H,23,25)(H,24,26). The van der Waals surface area contributed by atoms with E-state index in [9.17, 15) is 18.4 Å². The van der Waals surface area contributed by atoms with Gasteiger partial charge in [0.05, 0.1) is 13.0 Å². The molecule has 0 aliphatic carbocycles. The highest BCUT2D eigenvalue weighted by molar-refractivity contribution is 5.78. The molecule has 0 aromatic heterocycles. The number of halogens is 2. The molecule has 2 aromatic rings. The number of benzene rings is 2. The smallest absolute Gasteiger partial charge is 0.224 e. The lowest BCUT2D eigenvalue weighted by Gasteiger charge is -2.08. The Morgan fingerprint density at radius 3 is 2.30 bits per heavy atom. The molecule has 27 heavy (non-hydrogen) atoms. The summed E-state index contributed by atoms with van der Waals surface area (Å²) in [7, 11) is 0. The van der Waals surface area contributed by atoms with Crippen molar-refractivity contribution in [1.29, 1.82) is 0 Å². The average Bonchev–Trinajstić information content (AvgIpc) is 2.64. The second-order valence-corrected chi connectivity index (χ2v) is 5.91. The maximum atomic E-state index is 13.0. The Labute approximate surface area is 156 Å². The number of rotatable bonds is 10. The van der Waals surface area contributed by atoms with Gasteiger partial charge in [-0.15, -0.1) is 0 Å². The van der Waals surface area contributed by atoms with Gasteiger partial charge in [-0.2, -0.15) is 0 Å². The molecule has 0 radical (unpaired) electrons. The SMILES string of the molecule is O=C(CCCOc1cccc(F)c1)NCCNC(=O)Cc1ccc(F)cc1. The summed E-state index contributed by atoms with van der Waals surface area (Å²) < 4.78 is 31.1. The van der Waals surface area contributed by atoms with E-state index in [2.05, 4.69) is 10.6 Å². The summed E-state index contributed by atoms with van der Waals surface area (Å²) in [4.78, 5) is 23.5. The summed E-state index contributed by atoms with van der Waals surface area (Å²) in [6.07, 6.45) is 0.934. The molecule has 5 nitrogen and oxygen atoms in total. The fourth-order valence-electron chi connectivity index (χ4n) is 2.32. The molecule has 144 valence electrons. The van der Waals surface area contributed by atoms with E-state index in [0.717, 1.165) is 5.56 Å². The topological polar surface area (TPSA) is 67.4 Å². The van der Waals surface area contributed by atoms with Crippen LogP contribution in [-0.2, 0) is 16.0 Å². The highest BCUT2D eigenvalue weighted by atomic mass is 19.1. The number of carbonyl (C=O) groups excluding carboxylic acids is 2. The van der Waals surface area contributed by atoms with Gasteiger partial charge in [-0.25, -0.2) is 8.78 Å². The molecule has 0 bridgehead atoms. The highest BCUT2D eigenvalue weighted by Crippen LogP contribution is 2.12. The number of amides is 2. The van der Waals surface area contributed by atoms with Crippen molar-refractivity contribution >= 4 is 11.8 Å². The predicted molar refractivity (Wildman–Crippen MR) is 97.3 cm³/mol. The first-order valence-electron chi connectivity index (χ1n) is 8.69. The van der Waals surface area contributed by atoms with Crippen LogP contribution in [0, 0.1) is 11.6 Å². The van der Waals surface area contributed by atoms with Crippen LogP contribution in [0.2, 0.25) is 0 Å². The van der Waals surface area contributed by atoms with E-state index in [1.54, 1.807) is 24.3 Å². The van der Waals surface area contributed by atoms with Crippen LogP contribution in [0.5, 0.6) is 5.75 Å². The summed E-state index contributed by atoms with van der Waals surface area (Å²) in [5.74, 6) is -0.626. The van der Waals surface area contributed by atoms with E-state index in [4.69, 9.17) is 4.74 Å². The monoisotopic (exact) mass is 376 g/mol. The van der Waals surface area contributed by atoms with E-state index < -0.39 is 0 Å². The van der Waals surface area contributed by atoms with Gasteiger partial charge in [-0.3, -0.25) is 9.59 Å². The lowest BCUT2D eigenvalue weighted by atomic mass is 10.1. The van der Waals surface area contributed by atoms with Crippen LogP contribution in [-0.4, -0.2) is 31.5 Å². The van der Waals surface area contributed by atoms with E-state index >= 15 is 0 Å². The number of hydrogen-bond acceptors (Lipinski definition) is 3. The van der Waals surface area contributed by atoms with Gasteiger partial charge in [0.1, 0.15) is 17.4 Å². The predicted octanol–water partition coefficient (Wildman–Crippen LogP) is 2.60. The molecule has 0 aliphatic heterocycles. The summed E-state index contributed by atoms with van der Waals surface area (Å²) in [5, 5.41) is 5.39. The van der Waals surface area contributed by atoms with Crippen LogP contribution in [0.25, 0.3) is 0 Å². The van der Waals surface area contributed by atoms with Crippen molar-refractivity contribution < 1.29 is 23.1 Å². The lowest BCUT2D eigenvalue weighted by molar-refractivity contribution is -0.122. The third-order valence-electron chi connectivity index (χ3n) is 3.66. The van der Waals surface area contributed by atoms with E-state index in [-0.39, 0.29) is 36.3 Å². The first-order chi connectivity index (χ1) is 13.0. The molecular weight excluding hydrogens is 354 g/mol. The molecule has 0 unspecified atom stereocenters. The Bertz CT molecular complexity index is 751. The van der Waals surface area contributed by atoms with Crippen molar-refractivity contribution in [2.24, 2.45) is 0 Å². The number of carbonyl (C=O) groups is 2. The fraction of sp³-hybridized carbons (Fsp3) is 0.300. The Morgan fingerprint density at radius 2 is 1.59 bits per heavy atom. The normalized spacial score (nSPS) is 10.3. The van der Waals surface area contributed by atoms with Gasteiger partial charge in [0.15, 0.2) is 0 Å². The van der Waals surface area contributed by atoms with Crippen LogP contribution in [0.4, 0.5) is 8.78 Å². The number of hydrogen-bond donors (Lipinski definition) is 2. The molecule has 2 aromatic carbocycles. The van der Waals surface area contributed by atoms with E-state index in [1.807, 2.05) is 0 Å². The van der Waals surface area contributed by atoms with Gasteiger partial charge >= 0.3 is 0 Å². The van der Waals surface area contributed by atoms with Crippen molar-refractivity contribution in [2.75, 3.05) is 19.7 Å². The molecule has 7 heteroatoms. The molecule has 0 spiro atoms. The molecule has 0 aliphatic rings. The molecule has 2 N–H and O–H groups in total. The molecule has 2 amide bonds. The maximum absolute atomic E-state index is 13.0. The molecule has 0 heterocycles. The lowest BCUT2D eigenvalue weighted by Crippen LogP contribution is -2.35. The zero-order chi connectivity index (χ0) is 19.5. The van der Waals surface area contributed by atoms with Crippen LogP contribution < -0.4 is 15.4 Å². The number of ether oxygens (including phenoxy) is 1. The van der Waals surface area contributed by atoms with Crippen molar-refractivity contribution in [3.8, 4) is 5.75 Å². The first kappa shape index (κ1) is 20.4. The van der Waals surface area contributed by atoms with Crippen LogP contribution >= 0.6 is 0 Å². The Balaban J connectivity index is 1.51. The Hall–Kier alpha value is -2.96. The average molecular weight is 376 g/mol. The molecule has 0 fully saturated rings. The van der Waals surface area contributed by atoms with Crippen molar-refractivity contribution in [1.82, 2.24) is 10.6 Å². The molecule has 2 rings (SSSR count). The largest absolute Gasteiger partial charge is 0.493 e. The van der Waals surface area contributed by atoms with E-state index in [0.29, 0.717) is 31.9 Å². The highest BCUT2D eigenvalue weighted by Gasteiger charge is 2.05. The second-order valence-electron chi connectivity index (χ2n) is 5.91. The molecule has 0 atom stereocenters. The zero-order valence-corrected chi connectivity index (χ0v) is 14.8. The minimum Gasteiger partial charge on any atom is -0.493 e. The van der Waals surface area contributed by atoms with Gasteiger partial charge < -0.3 is 15.4 Å². The van der Waals surface area contributed by atoms with Gasteiger partial charge in [0.2, 0.25) is 11.8 Å². The van der Waals surface area contributed by atoms with Crippen molar-refractivity contribution in [3.05, 3.63) is 65.7 Å². The fourth-order valence-corrected chi connectivity index (χ4v) is 2.32. The second kappa shape index (κ2) is 10.9. The van der Waals surface area contributed by atoms with Gasteiger partial charge in [-0.05, 0) is 36.2 Å². The van der Waals surface area contributed by atoms with Gasteiger partial charge in [0.25, 0.3) is 0 Å². The minimum atomic E-state index is -0.369. The maximum Gasteiger partial charge on any atom is 0.224 e. The van der Waals surface area contributed by atoms with Crippen molar-refractivity contribution in [3.63, 3.8) is 0 Å². The minimum absolute atomic E-state index is 0.148. The third kappa shape index (κ3) is 8.31. The van der Waals surface area contributed by atoms with E-state index in [1.165, 1.54) is 24.3 Å². The summed E-state index contributed by atoms with van der Waals surface area (Å²) in [6, 6.07) is 11.6. The van der Waals surface area contributed by atoms with Crippen LogP contribution in [0.3, 0.4) is 0 Å². The van der Waals surface area contributed by atoms with Crippen molar-refractivity contribution in [2.45, 2.75) is 19.3 Å². The zero-order valence-electron chi connectivity index (χ0n) is 14.8. The van der Waals surface area contributed by atoms with Crippen LogP contribution in [0.15, 0.2) is 48.5 Å². The quantitative estimate of drug-likeness (QED) is 0.627. The Kier molecular flexibility index (Phi) is 8.22. The van der Waals surface area contributed by atoms with Gasteiger partial charge in [-0.1, -0.05) is 18.2 Å². The summed E-state index contributed by atoms with van der Waals surface area (Å²) in [6.45, 7) is 0.940. The Morgan fingerprint density at radius 1 is 0.889 bits per heavy atom. The third-order valence-corrected chi connectivity index (χ3v) is 3.66.